The number of aromatic nitrogens is 3. The molecule has 10 nitrogen and oxygen atoms in total. The van der Waals surface area contributed by atoms with E-state index in [9.17, 15) is 4.79 Å². The molecule has 0 aliphatic carbocycles. The van der Waals surface area contributed by atoms with Crippen LogP contribution >= 0.6 is 0 Å². The van der Waals surface area contributed by atoms with Crippen molar-refractivity contribution in [3.8, 4) is 11.6 Å². The molecule has 30 heavy (non-hydrogen) atoms. The molecule has 1 fully saturated rings. The van der Waals surface area contributed by atoms with Crippen LogP contribution in [0.25, 0.3) is 11.6 Å². The molecule has 0 bridgehead atoms. The Hall–Kier alpha value is -2.88. The summed E-state index contributed by atoms with van der Waals surface area (Å²) in [5.41, 5.74) is 0. The normalized spacial score (nSPS) is 15.6. The molecule has 0 spiro atoms. The Morgan fingerprint density at radius 1 is 1.33 bits per heavy atom. The molecule has 0 radical (unpaired) electrons. The Labute approximate surface area is 177 Å². The second-order valence-electron chi connectivity index (χ2n) is 7.55. The zero-order valence-electron chi connectivity index (χ0n) is 18.0. The van der Waals surface area contributed by atoms with Crippen molar-refractivity contribution in [1.29, 1.82) is 0 Å². The molecule has 10 heteroatoms. The third-order valence-corrected chi connectivity index (χ3v) is 4.71. The number of hydrogen-bond acceptors (Lipinski definition) is 6. The molecular weight excluding hydrogens is 384 g/mol. The minimum atomic E-state index is 0.0833. The van der Waals surface area contributed by atoms with Crippen molar-refractivity contribution in [2.75, 3.05) is 45.8 Å². The molecule has 1 aliphatic rings. The highest BCUT2D eigenvalue weighted by molar-refractivity contribution is 5.80. The molecule has 0 aromatic carbocycles. The van der Waals surface area contributed by atoms with Gasteiger partial charge in [-0.2, -0.15) is 5.10 Å². The molecule has 1 amide bonds. The van der Waals surface area contributed by atoms with Crippen LogP contribution in [0.5, 0.6) is 0 Å². The second-order valence-corrected chi connectivity index (χ2v) is 7.55. The number of guanidine groups is 1. The molecule has 2 aromatic heterocycles. The van der Waals surface area contributed by atoms with E-state index in [-0.39, 0.29) is 11.9 Å². The zero-order chi connectivity index (χ0) is 21.3. The van der Waals surface area contributed by atoms with Gasteiger partial charge in [-0.05, 0) is 32.9 Å². The number of nitrogens with zero attached hydrogens (tertiary/aromatic N) is 5. The van der Waals surface area contributed by atoms with Crippen LogP contribution < -0.4 is 10.6 Å². The van der Waals surface area contributed by atoms with Crippen molar-refractivity contribution >= 4 is 11.9 Å². The fourth-order valence-electron chi connectivity index (χ4n) is 3.31. The van der Waals surface area contributed by atoms with Gasteiger partial charge in [-0.15, -0.1) is 0 Å². The number of H-pyrrole nitrogens is 1. The molecule has 1 aliphatic heterocycles. The van der Waals surface area contributed by atoms with Gasteiger partial charge in [0.05, 0.1) is 12.8 Å². The lowest BCUT2D eigenvalue weighted by atomic mass is 10.3. The summed E-state index contributed by atoms with van der Waals surface area (Å²) in [6.07, 6.45) is 2.27. The standard InChI is InChI=1S/C20H32N8O2/c1-4-21-20(28-11-9-27(10-12-28)14-18(29)23-15(2)3)22-8-7-17-24-19(26-25-17)16-6-5-13-30-16/h5-6,13,15H,4,7-12,14H2,1-3H3,(H,21,22)(H,23,29)(H,24,25,26). The van der Waals surface area contributed by atoms with Gasteiger partial charge in [0.25, 0.3) is 0 Å². The van der Waals surface area contributed by atoms with Gasteiger partial charge in [-0.25, -0.2) is 4.98 Å². The Morgan fingerprint density at radius 2 is 2.13 bits per heavy atom. The molecule has 0 atom stereocenters. The van der Waals surface area contributed by atoms with Gasteiger partial charge in [0.1, 0.15) is 5.82 Å². The summed E-state index contributed by atoms with van der Waals surface area (Å²) < 4.78 is 5.32. The van der Waals surface area contributed by atoms with Crippen molar-refractivity contribution in [1.82, 2.24) is 35.6 Å². The third-order valence-electron chi connectivity index (χ3n) is 4.71. The Kier molecular flexibility index (Phi) is 7.83. The highest BCUT2D eigenvalue weighted by Crippen LogP contribution is 2.14. The number of piperazine rings is 1. The largest absolute Gasteiger partial charge is 0.461 e. The molecule has 3 heterocycles. The first-order valence-corrected chi connectivity index (χ1v) is 10.5. The number of hydrogen-bond donors (Lipinski definition) is 3. The number of rotatable bonds is 8. The molecule has 3 N–H and O–H groups in total. The maximum Gasteiger partial charge on any atom is 0.234 e. The maximum absolute atomic E-state index is 12.0. The Morgan fingerprint density at radius 3 is 2.80 bits per heavy atom. The van der Waals surface area contributed by atoms with Crippen LogP contribution in [0.15, 0.2) is 27.8 Å². The number of amides is 1. The van der Waals surface area contributed by atoms with E-state index in [4.69, 9.17) is 9.41 Å². The lowest BCUT2D eigenvalue weighted by molar-refractivity contribution is -0.123. The summed E-state index contributed by atoms with van der Waals surface area (Å²) in [4.78, 5) is 25.6. The summed E-state index contributed by atoms with van der Waals surface area (Å²) in [6.45, 7) is 11.2. The fourth-order valence-corrected chi connectivity index (χ4v) is 3.31. The first kappa shape index (κ1) is 21.8. The number of furan rings is 1. The fraction of sp³-hybridized carbons (Fsp3) is 0.600. The van der Waals surface area contributed by atoms with E-state index in [0.717, 1.165) is 44.5 Å². The monoisotopic (exact) mass is 416 g/mol. The topological polar surface area (TPSA) is 115 Å². The van der Waals surface area contributed by atoms with Gasteiger partial charge in [0.15, 0.2) is 11.7 Å². The van der Waals surface area contributed by atoms with Gasteiger partial charge >= 0.3 is 0 Å². The van der Waals surface area contributed by atoms with E-state index in [0.29, 0.717) is 31.1 Å². The molecule has 3 rings (SSSR count). The van der Waals surface area contributed by atoms with Crippen LogP contribution in [-0.4, -0.2) is 88.7 Å². The first-order chi connectivity index (χ1) is 14.5. The van der Waals surface area contributed by atoms with Crippen LogP contribution in [0.2, 0.25) is 0 Å². The molecule has 164 valence electrons. The number of aromatic amines is 1. The third kappa shape index (κ3) is 6.31. The Bertz CT molecular complexity index is 807. The Balaban J connectivity index is 1.48. The quantitative estimate of drug-likeness (QED) is 0.429. The number of aliphatic imine (C=N–C) groups is 1. The van der Waals surface area contributed by atoms with E-state index < -0.39 is 0 Å². The van der Waals surface area contributed by atoms with E-state index in [2.05, 4.69) is 42.5 Å². The molecule has 1 saturated heterocycles. The highest BCUT2D eigenvalue weighted by atomic mass is 16.3. The van der Waals surface area contributed by atoms with Crippen LogP contribution in [0.4, 0.5) is 0 Å². The summed E-state index contributed by atoms with van der Waals surface area (Å²) in [7, 11) is 0. The zero-order valence-corrected chi connectivity index (χ0v) is 18.0. The average Bonchev–Trinajstić information content (AvgIpc) is 3.39. The first-order valence-electron chi connectivity index (χ1n) is 10.5. The van der Waals surface area contributed by atoms with Crippen molar-refractivity contribution < 1.29 is 9.21 Å². The van der Waals surface area contributed by atoms with Crippen molar-refractivity contribution in [2.24, 2.45) is 4.99 Å². The van der Waals surface area contributed by atoms with Crippen LogP contribution in [0, 0.1) is 0 Å². The number of nitrogens with one attached hydrogen (secondary N) is 3. The van der Waals surface area contributed by atoms with Crippen LogP contribution in [0.3, 0.4) is 0 Å². The van der Waals surface area contributed by atoms with Gasteiger partial charge < -0.3 is 20.0 Å². The van der Waals surface area contributed by atoms with E-state index in [1.54, 1.807) is 6.26 Å². The minimum absolute atomic E-state index is 0.0833. The second kappa shape index (κ2) is 10.8. The predicted molar refractivity (Wildman–Crippen MR) is 115 cm³/mol. The smallest absolute Gasteiger partial charge is 0.234 e. The molecule has 0 saturated carbocycles. The van der Waals surface area contributed by atoms with E-state index in [1.807, 2.05) is 26.0 Å². The highest BCUT2D eigenvalue weighted by Gasteiger charge is 2.21. The summed E-state index contributed by atoms with van der Waals surface area (Å²) in [5.74, 6) is 2.97. The van der Waals surface area contributed by atoms with Gasteiger partial charge in [0, 0.05) is 51.7 Å². The van der Waals surface area contributed by atoms with E-state index >= 15 is 0 Å². The lowest BCUT2D eigenvalue weighted by Gasteiger charge is -2.36. The lowest BCUT2D eigenvalue weighted by Crippen LogP contribution is -2.54. The molecular formula is C20H32N8O2. The van der Waals surface area contributed by atoms with Gasteiger partial charge in [-0.1, -0.05) is 0 Å². The summed E-state index contributed by atoms with van der Waals surface area (Å²) >= 11 is 0. The average molecular weight is 417 g/mol. The van der Waals surface area contributed by atoms with E-state index in [1.165, 1.54) is 0 Å². The molecule has 2 aromatic rings. The van der Waals surface area contributed by atoms with Gasteiger partial charge in [0.2, 0.25) is 11.7 Å². The summed E-state index contributed by atoms with van der Waals surface area (Å²) in [6, 6.07) is 3.82. The SMILES string of the molecule is CCNC(=NCCc1nc(-c2ccco2)n[nH]1)N1CCN(CC(=O)NC(C)C)CC1. The maximum atomic E-state index is 12.0. The molecule has 0 unspecified atom stereocenters. The van der Waals surface area contributed by atoms with Crippen molar-refractivity contribution in [3.05, 3.63) is 24.2 Å². The van der Waals surface area contributed by atoms with Crippen LogP contribution in [0.1, 0.15) is 26.6 Å². The van der Waals surface area contributed by atoms with Gasteiger partial charge in [-0.3, -0.25) is 19.8 Å². The summed E-state index contributed by atoms with van der Waals surface area (Å²) in [5, 5.41) is 13.5. The predicted octanol–water partition coefficient (Wildman–Crippen LogP) is 0.715. The number of carbonyl (C=O) groups excluding carboxylic acids is 1. The van der Waals surface area contributed by atoms with Crippen molar-refractivity contribution in [3.63, 3.8) is 0 Å². The van der Waals surface area contributed by atoms with Crippen LogP contribution in [-0.2, 0) is 11.2 Å². The number of carbonyl (C=O) groups is 1. The van der Waals surface area contributed by atoms with Crippen molar-refractivity contribution in [2.45, 2.75) is 33.2 Å². The minimum Gasteiger partial charge on any atom is -0.461 e.